The number of ether oxygens (including phenoxy) is 1. The number of carbonyl (C=O) groups is 1. The van der Waals surface area contributed by atoms with Crippen LogP contribution in [0.3, 0.4) is 0 Å². The molecule has 0 radical (unpaired) electrons. The van der Waals surface area contributed by atoms with Crippen molar-refractivity contribution in [3.8, 4) is 11.5 Å². The molecule has 0 saturated heterocycles. The SMILES string of the molecule is COc1ccc(F)c(C2(CC(=O)O)CC2)c1O. The Labute approximate surface area is 97.6 Å². The Bertz CT molecular complexity index is 466. The molecule has 1 aliphatic rings. The Kier molecular flexibility index (Phi) is 2.69. The van der Waals surface area contributed by atoms with Gasteiger partial charge in [-0.05, 0) is 25.0 Å². The van der Waals surface area contributed by atoms with Crippen molar-refractivity contribution in [3.63, 3.8) is 0 Å². The molecule has 0 aliphatic heterocycles. The molecule has 1 aliphatic carbocycles. The van der Waals surface area contributed by atoms with E-state index in [1.54, 1.807) is 0 Å². The standard InChI is InChI=1S/C12H13FO4/c1-17-8-3-2-7(13)10(11(8)16)12(4-5-12)6-9(14)15/h2-3,16H,4-6H2,1H3,(H,14,15). The summed E-state index contributed by atoms with van der Waals surface area (Å²) in [7, 11) is 1.37. The molecule has 17 heavy (non-hydrogen) atoms. The Hall–Kier alpha value is -1.78. The highest BCUT2D eigenvalue weighted by molar-refractivity contribution is 5.71. The molecular weight excluding hydrogens is 227 g/mol. The average Bonchev–Trinajstić information content (AvgIpc) is 2.97. The van der Waals surface area contributed by atoms with E-state index in [1.165, 1.54) is 19.2 Å². The minimum absolute atomic E-state index is 0.0688. The molecule has 1 aromatic carbocycles. The minimum Gasteiger partial charge on any atom is -0.504 e. The fourth-order valence-corrected chi connectivity index (χ4v) is 2.17. The van der Waals surface area contributed by atoms with Gasteiger partial charge in [0.05, 0.1) is 13.5 Å². The molecule has 1 saturated carbocycles. The van der Waals surface area contributed by atoms with Crippen molar-refractivity contribution < 1.29 is 24.1 Å². The Morgan fingerprint density at radius 2 is 2.18 bits per heavy atom. The molecule has 0 atom stereocenters. The van der Waals surface area contributed by atoms with Gasteiger partial charge in [-0.1, -0.05) is 0 Å². The van der Waals surface area contributed by atoms with Crippen LogP contribution in [0.25, 0.3) is 0 Å². The number of aromatic hydroxyl groups is 1. The van der Waals surface area contributed by atoms with Crippen LogP contribution in [0.2, 0.25) is 0 Å². The first-order chi connectivity index (χ1) is 8.00. The molecular formula is C12H13FO4. The minimum atomic E-state index is -0.996. The Morgan fingerprint density at radius 3 is 2.65 bits per heavy atom. The van der Waals surface area contributed by atoms with Crippen LogP contribution in [0, 0.1) is 5.82 Å². The van der Waals surface area contributed by atoms with E-state index in [-0.39, 0.29) is 23.5 Å². The first kappa shape index (κ1) is 11.7. The summed E-state index contributed by atoms with van der Waals surface area (Å²) in [4.78, 5) is 10.8. The maximum atomic E-state index is 13.7. The van der Waals surface area contributed by atoms with Gasteiger partial charge in [0.2, 0.25) is 0 Å². The summed E-state index contributed by atoms with van der Waals surface area (Å²) >= 11 is 0. The number of aliphatic carboxylic acids is 1. The zero-order valence-corrected chi connectivity index (χ0v) is 9.36. The van der Waals surface area contributed by atoms with Crippen LogP contribution < -0.4 is 4.74 Å². The predicted octanol–water partition coefficient (Wildman–Crippen LogP) is 2.05. The van der Waals surface area contributed by atoms with E-state index >= 15 is 0 Å². The second-order valence-electron chi connectivity index (χ2n) is 4.32. The number of carboxylic acid groups (broad SMARTS) is 1. The van der Waals surface area contributed by atoms with Gasteiger partial charge in [-0.25, -0.2) is 4.39 Å². The van der Waals surface area contributed by atoms with Gasteiger partial charge >= 0.3 is 5.97 Å². The molecule has 0 aromatic heterocycles. The van der Waals surface area contributed by atoms with E-state index in [0.717, 1.165) is 0 Å². The van der Waals surface area contributed by atoms with Gasteiger partial charge in [-0.3, -0.25) is 4.79 Å². The van der Waals surface area contributed by atoms with Crippen molar-refractivity contribution in [1.82, 2.24) is 0 Å². The van der Waals surface area contributed by atoms with Gasteiger partial charge in [0.1, 0.15) is 5.82 Å². The topological polar surface area (TPSA) is 66.8 Å². The monoisotopic (exact) mass is 240 g/mol. The maximum Gasteiger partial charge on any atom is 0.304 e. The second-order valence-corrected chi connectivity index (χ2v) is 4.32. The van der Waals surface area contributed by atoms with Gasteiger partial charge in [0.25, 0.3) is 0 Å². The first-order valence-corrected chi connectivity index (χ1v) is 5.28. The lowest BCUT2D eigenvalue weighted by Gasteiger charge is -2.17. The zero-order valence-electron chi connectivity index (χ0n) is 9.36. The summed E-state index contributed by atoms with van der Waals surface area (Å²) < 4.78 is 18.6. The van der Waals surface area contributed by atoms with Gasteiger partial charge in [-0.2, -0.15) is 0 Å². The van der Waals surface area contributed by atoms with Gasteiger partial charge in [0, 0.05) is 11.0 Å². The molecule has 5 heteroatoms. The number of halogens is 1. The summed E-state index contributed by atoms with van der Waals surface area (Å²) in [6.07, 6.45) is 0.957. The molecule has 2 N–H and O–H groups in total. The lowest BCUT2D eigenvalue weighted by atomic mass is 9.91. The number of hydrogen-bond donors (Lipinski definition) is 2. The highest BCUT2D eigenvalue weighted by Gasteiger charge is 2.49. The lowest BCUT2D eigenvalue weighted by Crippen LogP contribution is -2.15. The molecule has 0 bridgehead atoms. The third kappa shape index (κ3) is 1.92. The number of phenolic OH excluding ortho intramolecular Hbond substituents is 1. The summed E-state index contributed by atoms with van der Waals surface area (Å²) in [5.74, 6) is -1.70. The third-order valence-corrected chi connectivity index (χ3v) is 3.18. The number of hydrogen-bond acceptors (Lipinski definition) is 3. The van der Waals surface area contributed by atoms with Gasteiger partial charge < -0.3 is 14.9 Å². The first-order valence-electron chi connectivity index (χ1n) is 5.28. The maximum absolute atomic E-state index is 13.7. The largest absolute Gasteiger partial charge is 0.504 e. The Balaban J connectivity index is 2.48. The highest BCUT2D eigenvalue weighted by atomic mass is 19.1. The van der Waals surface area contributed by atoms with Crippen molar-refractivity contribution in [2.45, 2.75) is 24.7 Å². The summed E-state index contributed by atoms with van der Waals surface area (Å²) in [6, 6.07) is 2.51. The number of phenols is 1. The molecule has 2 rings (SSSR count). The van der Waals surface area contributed by atoms with Crippen LogP contribution in [0.1, 0.15) is 24.8 Å². The second kappa shape index (κ2) is 3.91. The van der Waals surface area contributed by atoms with Gasteiger partial charge in [0.15, 0.2) is 11.5 Å². The fourth-order valence-electron chi connectivity index (χ4n) is 2.17. The van der Waals surface area contributed by atoms with Crippen molar-refractivity contribution >= 4 is 5.97 Å². The lowest BCUT2D eigenvalue weighted by molar-refractivity contribution is -0.137. The van der Waals surface area contributed by atoms with Crippen molar-refractivity contribution in [3.05, 3.63) is 23.5 Å². The molecule has 4 nitrogen and oxygen atoms in total. The number of carboxylic acids is 1. The molecule has 0 spiro atoms. The summed E-state index contributed by atoms with van der Waals surface area (Å²) in [5.41, 5.74) is -0.701. The quantitative estimate of drug-likeness (QED) is 0.845. The molecule has 0 heterocycles. The third-order valence-electron chi connectivity index (χ3n) is 3.18. The van der Waals surface area contributed by atoms with Crippen molar-refractivity contribution in [1.29, 1.82) is 0 Å². The molecule has 0 amide bonds. The molecule has 92 valence electrons. The zero-order chi connectivity index (χ0) is 12.6. The van der Waals surface area contributed by atoms with Crippen LogP contribution in [0.4, 0.5) is 4.39 Å². The molecule has 1 aromatic rings. The summed E-state index contributed by atoms with van der Waals surface area (Å²) in [6.45, 7) is 0. The van der Waals surface area contributed by atoms with E-state index in [9.17, 15) is 14.3 Å². The normalized spacial score (nSPS) is 16.6. The highest BCUT2D eigenvalue weighted by Crippen LogP contribution is 2.56. The van der Waals surface area contributed by atoms with E-state index in [1.807, 2.05) is 0 Å². The smallest absolute Gasteiger partial charge is 0.304 e. The van der Waals surface area contributed by atoms with E-state index in [0.29, 0.717) is 12.8 Å². The van der Waals surface area contributed by atoms with Crippen LogP contribution in [-0.2, 0) is 10.2 Å². The molecule has 1 fully saturated rings. The number of benzene rings is 1. The Morgan fingerprint density at radius 1 is 1.53 bits per heavy atom. The fraction of sp³-hybridized carbons (Fsp3) is 0.417. The van der Waals surface area contributed by atoms with Crippen molar-refractivity contribution in [2.24, 2.45) is 0 Å². The number of rotatable bonds is 4. The van der Waals surface area contributed by atoms with Crippen LogP contribution in [-0.4, -0.2) is 23.3 Å². The average molecular weight is 240 g/mol. The van der Waals surface area contributed by atoms with Crippen molar-refractivity contribution in [2.75, 3.05) is 7.11 Å². The van der Waals surface area contributed by atoms with Gasteiger partial charge in [-0.15, -0.1) is 0 Å². The van der Waals surface area contributed by atoms with E-state index in [2.05, 4.69) is 0 Å². The summed E-state index contributed by atoms with van der Waals surface area (Å²) in [5, 5.41) is 18.7. The number of methoxy groups -OCH3 is 1. The van der Waals surface area contributed by atoms with E-state index < -0.39 is 17.2 Å². The van der Waals surface area contributed by atoms with Crippen LogP contribution in [0.15, 0.2) is 12.1 Å². The molecule has 0 unspecified atom stereocenters. The van der Waals surface area contributed by atoms with Crippen LogP contribution in [0.5, 0.6) is 11.5 Å². The van der Waals surface area contributed by atoms with Crippen LogP contribution >= 0.6 is 0 Å². The van der Waals surface area contributed by atoms with E-state index in [4.69, 9.17) is 9.84 Å². The predicted molar refractivity (Wildman–Crippen MR) is 57.8 cm³/mol.